The molecule has 0 saturated carbocycles. The van der Waals surface area contributed by atoms with Gasteiger partial charge in [-0.1, -0.05) is 43.0 Å². The Balaban J connectivity index is 1.95. The first-order valence-electron chi connectivity index (χ1n) is 7.64. The highest BCUT2D eigenvalue weighted by Gasteiger charge is 2.13. The van der Waals surface area contributed by atoms with E-state index in [0.29, 0.717) is 23.6 Å². The molecule has 0 spiro atoms. The van der Waals surface area contributed by atoms with Gasteiger partial charge >= 0.3 is 11.8 Å². The lowest BCUT2D eigenvalue weighted by atomic mass is 10.2. The van der Waals surface area contributed by atoms with Gasteiger partial charge in [-0.3, -0.25) is 9.59 Å². The van der Waals surface area contributed by atoms with E-state index in [9.17, 15) is 9.59 Å². The fraction of sp³-hybridized carbons (Fsp3) is 0.105. The molecule has 2 rings (SSSR count). The van der Waals surface area contributed by atoms with Gasteiger partial charge in [0.05, 0.1) is 6.21 Å². The van der Waals surface area contributed by atoms with Crippen LogP contribution >= 0.6 is 0 Å². The Labute approximate surface area is 146 Å². The number of carbonyl (C=O) groups is 2. The zero-order valence-electron chi connectivity index (χ0n) is 13.9. The molecule has 0 fully saturated rings. The predicted octanol–water partition coefficient (Wildman–Crippen LogP) is 2.65. The molecule has 25 heavy (non-hydrogen) atoms. The lowest BCUT2D eigenvalue weighted by Crippen LogP contribution is -2.32. The van der Waals surface area contributed by atoms with Gasteiger partial charge in [-0.25, -0.2) is 5.43 Å². The fourth-order valence-corrected chi connectivity index (χ4v) is 1.97. The molecule has 2 aromatic rings. The van der Waals surface area contributed by atoms with Crippen molar-refractivity contribution >= 4 is 23.7 Å². The highest BCUT2D eigenvalue weighted by Crippen LogP contribution is 2.15. The molecule has 2 aromatic carbocycles. The van der Waals surface area contributed by atoms with Gasteiger partial charge in [-0.05, 0) is 30.7 Å². The number of aryl methyl sites for hydroxylation is 1. The molecule has 2 amide bonds. The van der Waals surface area contributed by atoms with E-state index in [1.807, 2.05) is 31.2 Å². The topological polar surface area (TPSA) is 79.8 Å². The average molecular weight is 337 g/mol. The van der Waals surface area contributed by atoms with Gasteiger partial charge in [0.2, 0.25) is 0 Å². The molecule has 0 saturated heterocycles. The van der Waals surface area contributed by atoms with Gasteiger partial charge in [0.15, 0.2) is 0 Å². The average Bonchev–Trinajstić information content (AvgIpc) is 2.62. The van der Waals surface area contributed by atoms with Crippen LogP contribution in [0.15, 0.2) is 66.3 Å². The number of hydrogen-bond acceptors (Lipinski definition) is 4. The molecule has 6 nitrogen and oxygen atoms in total. The minimum absolute atomic E-state index is 0.357. The van der Waals surface area contributed by atoms with Crippen LogP contribution < -0.4 is 15.5 Å². The molecule has 0 heterocycles. The number of hydrazone groups is 1. The summed E-state index contributed by atoms with van der Waals surface area (Å²) >= 11 is 0. The summed E-state index contributed by atoms with van der Waals surface area (Å²) < 4.78 is 5.48. The summed E-state index contributed by atoms with van der Waals surface area (Å²) in [4.78, 5) is 23.7. The van der Waals surface area contributed by atoms with Crippen LogP contribution in [0, 0.1) is 6.92 Å². The number of hydrogen-bond donors (Lipinski definition) is 2. The Morgan fingerprint density at radius 2 is 1.84 bits per heavy atom. The maximum absolute atomic E-state index is 11.9. The lowest BCUT2D eigenvalue weighted by Gasteiger charge is -2.07. The van der Waals surface area contributed by atoms with Crippen LogP contribution in [0.25, 0.3) is 0 Å². The van der Waals surface area contributed by atoms with Crippen molar-refractivity contribution in [2.45, 2.75) is 6.92 Å². The van der Waals surface area contributed by atoms with Gasteiger partial charge in [0.1, 0.15) is 12.4 Å². The van der Waals surface area contributed by atoms with Crippen LogP contribution in [-0.4, -0.2) is 24.6 Å². The molecule has 0 aliphatic heterocycles. The molecule has 0 unspecified atom stereocenters. The Morgan fingerprint density at radius 3 is 2.60 bits per heavy atom. The fourth-order valence-electron chi connectivity index (χ4n) is 1.97. The number of amides is 2. The van der Waals surface area contributed by atoms with Crippen LogP contribution in [0.4, 0.5) is 5.69 Å². The third-order valence-corrected chi connectivity index (χ3v) is 3.24. The van der Waals surface area contributed by atoms with E-state index < -0.39 is 11.8 Å². The minimum atomic E-state index is -0.857. The van der Waals surface area contributed by atoms with Gasteiger partial charge in [-0.15, -0.1) is 0 Å². The first-order chi connectivity index (χ1) is 12.1. The second-order valence-electron chi connectivity index (χ2n) is 5.11. The normalized spacial score (nSPS) is 10.3. The Kier molecular flexibility index (Phi) is 6.47. The highest BCUT2D eigenvalue weighted by molar-refractivity contribution is 6.39. The van der Waals surface area contributed by atoms with E-state index in [1.54, 1.807) is 30.3 Å². The zero-order valence-corrected chi connectivity index (χ0v) is 13.9. The van der Waals surface area contributed by atoms with E-state index in [1.165, 1.54) is 6.21 Å². The number of nitrogens with one attached hydrogen (secondary N) is 2. The largest absolute Gasteiger partial charge is 0.489 e. The van der Waals surface area contributed by atoms with Gasteiger partial charge in [-0.2, -0.15) is 5.10 Å². The molecule has 0 atom stereocenters. The van der Waals surface area contributed by atoms with Gasteiger partial charge < -0.3 is 10.1 Å². The second-order valence-corrected chi connectivity index (χ2v) is 5.11. The molecule has 0 aliphatic carbocycles. The summed E-state index contributed by atoms with van der Waals surface area (Å²) in [5, 5.41) is 6.34. The molecular formula is C19H19N3O3. The molecule has 0 radical (unpaired) electrons. The van der Waals surface area contributed by atoms with Crippen molar-refractivity contribution in [3.8, 4) is 5.75 Å². The predicted molar refractivity (Wildman–Crippen MR) is 97.7 cm³/mol. The van der Waals surface area contributed by atoms with Crippen LogP contribution in [-0.2, 0) is 9.59 Å². The summed E-state index contributed by atoms with van der Waals surface area (Å²) in [6.45, 7) is 5.79. The van der Waals surface area contributed by atoms with Crippen molar-refractivity contribution in [1.29, 1.82) is 0 Å². The molecule has 2 N–H and O–H groups in total. The van der Waals surface area contributed by atoms with Gasteiger partial charge in [0, 0.05) is 11.3 Å². The Morgan fingerprint density at radius 1 is 1.12 bits per heavy atom. The van der Waals surface area contributed by atoms with E-state index in [0.717, 1.165) is 5.56 Å². The number of benzene rings is 2. The first-order valence-corrected chi connectivity index (χ1v) is 7.64. The van der Waals surface area contributed by atoms with Crippen LogP contribution in [0.5, 0.6) is 5.75 Å². The summed E-state index contributed by atoms with van der Waals surface area (Å²) in [6.07, 6.45) is 3.04. The number of para-hydroxylation sites is 2. The van der Waals surface area contributed by atoms with E-state index in [4.69, 9.17) is 4.74 Å². The number of carbonyl (C=O) groups excluding carboxylic acids is 2. The quantitative estimate of drug-likeness (QED) is 0.368. The van der Waals surface area contributed by atoms with Gasteiger partial charge in [0.25, 0.3) is 0 Å². The van der Waals surface area contributed by atoms with Crippen molar-refractivity contribution < 1.29 is 14.3 Å². The smallest absolute Gasteiger partial charge is 0.329 e. The van der Waals surface area contributed by atoms with Crippen molar-refractivity contribution in [2.75, 3.05) is 11.9 Å². The summed E-state index contributed by atoms with van der Waals surface area (Å²) in [5.41, 5.74) is 4.31. The van der Waals surface area contributed by atoms with Crippen molar-refractivity contribution in [1.82, 2.24) is 5.43 Å². The standard InChI is InChI=1S/C19H19N3O3/c1-3-12-25-17-11-7-5-9-15(17)13-20-22-19(24)18(23)21-16-10-6-4-8-14(16)2/h3-11,13H,1,12H2,2H3,(H,21,23)(H,22,24)/b20-13-. The van der Waals surface area contributed by atoms with Crippen LogP contribution in [0.1, 0.15) is 11.1 Å². The number of nitrogens with zero attached hydrogens (tertiary/aromatic N) is 1. The zero-order chi connectivity index (χ0) is 18.1. The maximum Gasteiger partial charge on any atom is 0.329 e. The second kappa shape index (κ2) is 9.02. The summed E-state index contributed by atoms with van der Waals surface area (Å²) in [5.74, 6) is -1.05. The number of rotatable bonds is 6. The molecule has 0 bridgehead atoms. The molecule has 0 aliphatic rings. The number of anilines is 1. The monoisotopic (exact) mass is 337 g/mol. The minimum Gasteiger partial charge on any atom is -0.489 e. The lowest BCUT2D eigenvalue weighted by molar-refractivity contribution is -0.136. The highest BCUT2D eigenvalue weighted by atomic mass is 16.5. The maximum atomic E-state index is 11.9. The van der Waals surface area contributed by atoms with E-state index >= 15 is 0 Å². The third-order valence-electron chi connectivity index (χ3n) is 3.24. The van der Waals surface area contributed by atoms with Crippen LogP contribution in [0.2, 0.25) is 0 Å². The molecule has 6 heteroatoms. The SMILES string of the molecule is C=CCOc1ccccc1/C=N\NC(=O)C(=O)Nc1ccccc1C. The Bertz CT molecular complexity index is 800. The first kappa shape index (κ1) is 17.9. The summed E-state index contributed by atoms with van der Waals surface area (Å²) in [7, 11) is 0. The van der Waals surface area contributed by atoms with Crippen LogP contribution in [0.3, 0.4) is 0 Å². The van der Waals surface area contributed by atoms with Crippen molar-refractivity contribution in [3.05, 3.63) is 72.3 Å². The molecular weight excluding hydrogens is 318 g/mol. The molecule has 128 valence electrons. The number of ether oxygens (including phenoxy) is 1. The third kappa shape index (κ3) is 5.31. The Hall–Kier alpha value is -3.41. The van der Waals surface area contributed by atoms with E-state index in [2.05, 4.69) is 22.4 Å². The van der Waals surface area contributed by atoms with Crippen molar-refractivity contribution in [2.24, 2.45) is 5.10 Å². The van der Waals surface area contributed by atoms with Crippen molar-refractivity contribution in [3.63, 3.8) is 0 Å². The molecule has 0 aromatic heterocycles. The van der Waals surface area contributed by atoms with E-state index in [-0.39, 0.29) is 0 Å². The summed E-state index contributed by atoms with van der Waals surface area (Å²) in [6, 6.07) is 14.4.